The van der Waals surface area contributed by atoms with Crippen molar-refractivity contribution in [2.24, 2.45) is 0 Å². The molecule has 0 bridgehead atoms. The minimum atomic E-state index is -0.850. The van der Waals surface area contributed by atoms with Crippen molar-refractivity contribution in [1.29, 1.82) is 0 Å². The number of hydrogen-bond acceptors (Lipinski definition) is 4. The lowest BCUT2D eigenvalue weighted by molar-refractivity contribution is -0.139. The first-order chi connectivity index (χ1) is 9.63. The maximum Gasteiger partial charge on any atom is 0.305 e. The third kappa shape index (κ3) is 2.53. The van der Waals surface area contributed by atoms with E-state index in [1.54, 1.807) is 4.90 Å². The van der Waals surface area contributed by atoms with E-state index in [4.69, 9.17) is 5.11 Å². The summed E-state index contributed by atoms with van der Waals surface area (Å²) in [5, 5.41) is 10.8. The van der Waals surface area contributed by atoms with Crippen LogP contribution in [-0.2, 0) is 16.0 Å². The SMILES string of the molecule is O=C(O)CC1CCCN1C(=O)Cc1cn2ccsc2n1. The first-order valence-electron chi connectivity index (χ1n) is 6.56. The van der Waals surface area contributed by atoms with Crippen molar-refractivity contribution < 1.29 is 14.7 Å². The smallest absolute Gasteiger partial charge is 0.305 e. The summed E-state index contributed by atoms with van der Waals surface area (Å²) >= 11 is 1.53. The topological polar surface area (TPSA) is 74.9 Å². The minimum Gasteiger partial charge on any atom is -0.481 e. The van der Waals surface area contributed by atoms with E-state index in [9.17, 15) is 9.59 Å². The Bertz CT molecular complexity index is 620. The number of aliphatic carboxylic acids is 1. The molecule has 0 spiro atoms. The molecule has 2 aromatic rings. The Morgan fingerprint density at radius 2 is 2.35 bits per heavy atom. The Morgan fingerprint density at radius 3 is 3.10 bits per heavy atom. The van der Waals surface area contributed by atoms with Gasteiger partial charge in [0.1, 0.15) is 0 Å². The fourth-order valence-corrected chi connectivity index (χ4v) is 3.41. The average molecular weight is 293 g/mol. The molecule has 1 fully saturated rings. The number of carbonyl (C=O) groups is 2. The highest BCUT2D eigenvalue weighted by molar-refractivity contribution is 7.15. The lowest BCUT2D eigenvalue weighted by Gasteiger charge is -2.23. The monoisotopic (exact) mass is 293 g/mol. The zero-order chi connectivity index (χ0) is 14.1. The first kappa shape index (κ1) is 13.1. The van der Waals surface area contributed by atoms with Crippen LogP contribution in [0.25, 0.3) is 4.96 Å². The summed E-state index contributed by atoms with van der Waals surface area (Å²) in [5.74, 6) is -0.878. The van der Waals surface area contributed by atoms with Crippen LogP contribution >= 0.6 is 11.3 Å². The lowest BCUT2D eigenvalue weighted by atomic mass is 10.1. The van der Waals surface area contributed by atoms with Gasteiger partial charge < -0.3 is 10.0 Å². The summed E-state index contributed by atoms with van der Waals surface area (Å²) < 4.78 is 1.89. The van der Waals surface area contributed by atoms with Crippen LogP contribution in [-0.4, -0.2) is 43.9 Å². The van der Waals surface area contributed by atoms with Gasteiger partial charge in [-0.2, -0.15) is 0 Å². The lowest BCUT2D eigenvalue weighted by Crippen LogP contribution is -2.37. The Balaban J connectivity index is 1.69. The van der Waals surface area contributed by atoms with Crippen molar-refractivity contribution in [2.75, 3.05) is 6.54 Å². The number of thiazole rings is 1. The van der Waals surface area contributed by atoms with E-state index in [0.717, 1.165) is 23.5 Å². The highest BCUT2D eigenvalue weighted by atomic mass is 32.1. The number of aromatic nitrogens is 2. The number of hydrogen-bond donors (Lipinski definition) is 1. The molecule has 6 nitrogen and oxygen atoms in total. The molecule has 0 aliphatic carbocycles. The Hall–Kier alpha value is -1.89. The molecule has 3 heterocycles. The van der Waals surface area contributed by atoms with Gasteiger partial charge in [0.25, 0.3) is 0 Å². The fraction of sp³-hybridized carbons (Fsp3) is 0.462. The van der Waals surface area contributed by atoms with Gasteiger partial charge in [0.15, 0.2) is 4.96 Å². The number of carboxylic acids is 1. The largest absolute Gasteiger partial charge is 0.481 e. The normalized spacial score (nSPS) is 18.8. The Morgan fingerprint density at radius 1 is 1.50 bits per heavy atom. The molecular formula is C13H15N3O3S. The van der Waals surface area contributed by atoms with Crippen LogP contribution in [0.2, 0.25) is 0 Å². The van der Waals surface area contributed by atoms with Crippen LogP contribution in [0.15, 0.2) is 17.8 Å². The highest BCUT2D eigenvalue weighted by Gasteiger charge is 2.30. The maximum atomic E-state index is 12.3. The molecule has 7 heteroatoms. The van der Waals surface area contributed by atoms with E-state index < -0.39 is 5.97 Å². The number of nitrogens with zero attached hydrogens (tertiary/aromatic N) is 3. The van der Waals surface area contributed by atoms with Crippen molar-refractivity contribution in [1.82, 2.24) is 14.3 Å². The van der Waals surface area contributed by atoms with Crippen LogP contribution in [0.1, 0.15) is 25.0 Å². The number of carboxylic acid groups (broad SMARTS) is 1. The molecule has 1 atom stereocenters. The zero-order valence-corrected chi connectivity index (χ0v) is 11.7. The predicted molar refractivity (Wildman–Crippen MR) is 73.8 cm³/mol. The van der Waals surface area contributed by atoms with Crippen molar-refractivity contribution >= 4 is 28.2 Å². The molecular weight excluding hydrogens is 278 g/mol. The summed E-state index contributed by atoms with van der Waals surface area (Å²) in [6, 6.07) is -0.163. The standard InChI is InChI=1S/C13H15N3O3S/c17-11(16-3-1-2-10(16)7-12(18)19)6-9-8-15-4-5-20-13(15)14-9/h4-5,8,10H,1-3,6-7H2,(H,18,19). The van der Waals surface area contributed by atoms with Gasteiger partial charge in [0, 0.05) is 30.4 Å². The number of imidazole rings is 1. The van der Waals surface area contributed by atoms with Gasteiger partial charge in [-0.1, -0.05) is 0 Å². The summed E-state index contributed by atoms with van der Waals surface area (Å²) in [7, 11) is 0. The van der Waals surface area contributed by atoms with Gasteiger partial charge in [-0.15, -0.1) is 11.3 Å². The summed E-state index contributed by atoms with van der Waals surface area (Å²) in [6.45, 7) is 0.652. The average Bonchev–Trinajstić information content (AvgIpc) is 3.02. The van der Waals surface area contributed by atoms with E-state index in [0.29, 0.717) is 6.54 Å². The van der Waals surface area contributed by atoms with Gasteiger partial charge in [-0.25, -0.2) is 4.98 Å². The molecule has 1 unspecified atom stereocenters. The molecule has 20 heavy (non-hydrogen) atoms. The number of carbonyl (C=O) groups excluding carboxylic acids is 1. The minimum absolute atomic E-state index is 0.0282. The molecule has 0 saturated carbocycles. The molecule has 1 aliphatic rings. The molecule has 0 radical (unpaired) electrons. The van der Waals surface area contributed by atoms with Gasteiger partial charge >= 0.3 is 5.97 Å². The zero-order valence-electron chi connectivity index (χ0n) is 10.9. The second-order valence-electron chi connectivity index (χ2n) is 4.98. The summed E-state index contributed by atoms with van der Waals surface area (Å²) in [4.78, 5) is 30.1. The van der Waals surface area contributed by atoms with Crippen LogP contribution < -0.4 is 0 Å². The Labute approximate surface area is 119 Å². The number of rotatable bonds is 4. The van der Waals surface area contributed by atoms with Crippen LogP contribution in [0.4, 0.5) is 0 Å². The third-order valence-electron chi connectivity index (χ3n) is 3.58. The second-order valence-corrected chi connectivity index (χ2v) is 5.86. The molecule has 3 rings (SSSR count). The van der Waals surface area contributed by atoms with Gasteiger partial charge in [0.2, 0.25) is 5.91 Å². The van der Waals surface area contributed by atoms with E-state index in [2.05, 4.69) is 4.98 Å². The van der Waals surface area contributed by atoms with Gasteiger partial charge in [0.05, 0.1) is 18.5 Å². The van der Waals surface area contributed by atoms with Crippen molar-refractivity contribution in [3.63, 3.8) is 0 Å². The summed E-state index contributed by atoms with van der Waals surface area (Å²) in [5.41, 5.74) is 0.739. The molecule has 1 saturated heterocycles. The van der Waals surface area contributed by atoms with Crippen LogP contribution in [0.5, 0.6) is 0 Å². The summed E-state index contributed by atoms with van der Waals surface area (Å²) in [6.07, 6.45) is 5.68. The van der Waals surface area contributed by atoms with Crippen LogP contribution in [0, 0.1) is 0 Å². The molecule has 1 amide bonds. The fourth-order valence-electron chi connectivity index (χ4n) is 2.70. The third-order valence-corrected chi connectivity index (χ3v) is 4.35. The highest BCUT2D eigenvalue weighted by Crippen LogP contribution is 2.21. The van der Waals surface area contributed by atoms with Gasteiger partial charge in [-0.05, 0) is 12.8 Å². The molecule has 1 aliphatic heterocycles. The van der Waals surface area contributed by atoms with E-state index >= 15 is 0 Å². The number of amides is 1. The second kappa shape index (κ2) is 5.24. The number of likely N-dealkylation sites (tertiary alicyclic amines) is 1. The van der Waals surface area contributed by atoms with E-state index in [-0.39, 0.29) is 24.8 Å². The quantitative estimate of drug-likeness (QED) is 0.924. The van der Waals surface area contributed by atoms with Crippen molar-refractivity contribution in [3.8, 4) is 0 Å². The predicted octanol–water partition coefficient (Wildman–Crippen LogP) is 1.40. The molecule has 2 aromatic heterocycles. The van der Waals surface area contributed by atoms with Crippen molar-refractivity contribution in [2.45, 2.75) is 31.7 Å². The van der Waals surface area contributed by atoms with Crippen LogP contribution in [0.3, 0.4) is 0 Å². The maximum absolute atomic E-state index is 12.3. The van der Waals surface area contributed by atoms with E-state index in [1.807, 2.05) is 22.2 Å². The molecule has 106 valence electrons. The first-order valence-corrected chi connectivity index (χ1v) is 7.44. The van der Waals surface area contributed by atoms with Gasteiger partial charge in [-0.3, -0.25) is 14.0 Å². The molecule has 1 N–H and O–H groups in total. The number of fused-ring (bicyclic) bond motifs is 1. The Kier molecular flexibility index (Phi) is 3.43. The molecule has 0 aromatic carbocycles. The van der Waals surface area contributed by atoms with E-state index in [1.165, 1.54) is 11.3 Å². The van der Waals surface area contributed by atoms with Crippen molar-refractivity contribution in [3.05, 3.63) is 23.5 Å².